The molecule has 182 valence electrons. The normalized spacial score (nSPS) is 12.0. The SMILES string of the molecule is Cc1ccc(S(=O)(=O)n2ccc3c(-c4ccc(CNC(=O)OC(C)(C)C)c(F)c4)ncnc32)cc1. The minimum atomic E-state index is -3.88. The highest BCUT2D eigenvalue weighted by Crippen LogP contribution is 2.29. The lowest BCUT2D eigenvalue weighted by Crippen LogP contribution is -2.32. The summed E-state index contributed by atoms with van der Waals surface area (Å²) >= 11 is 0. The lowest BCUT2D eigenvalue weighted by atomic mass is 10.1. The first kappa shape index (κ1) is 24.3. The van der Waals surface area contributed by atoms with Crippen LogP contribution in [-0.4, -0.2) is 34.1 Å². The van der Waals surface area contributed by atoms with E-state index in [0.29, 0.717) is 16.6 Å². The van der Waals surface area contributed by atoms with Crippen LogP contribution in [0.2, 0.25) is 0 Å². The molecule has 0 unspecified atom stereocenters. The molecule has 2 aromatic carbocycles. The van der Waals surface area contributed by atoms with E-state index in [1.165, 1.54) is 36.8 Å². The van der Waals surface area contributed by atoms with E-state index >= 15 is 0 Å². The number of alkyl carbamates (subject to hydrolysis) is 1. The van der Waals surface area contributed by atoms with Crippen LogP contribution in [0.15, 0.2) is 66.0 Å². The highest BCUT2D eigenvalue weighted by atomic mass is 32.2. The van der Waals surface area contributed by atoms with Crippen molar-refractivity contribution in [2.75, 3.05) is 0 Å². The molecule has 0 aliphatic heterocycles. The van der Waals surface area contributed by atoms with Gasteiger partial charge in [-0.1, -0.05) is 29.8 Å². The van der Waals surface area contributed by atoms with E-state index in [1.807, 2.05) is 6.92 Å². The Hall–Kier alpha value is -3.79. The number of aromatic nitrogens is 3. The molecular formula is C25H25FN4O4S. The van der Waals surface area contributed by atoms with Crippen molar-refractivity contribution in [1.29, 1.82) is 0 Å². The van der Waals surface area contributed by atoms with Crippen molar-refractivity contribution in [1.82, 2.24) is 19.3 Å². The Morgan fingerprint density at radius 3 is 2.46 bits per heavy atom. The first-order chi connectivity index (χ1) is 16.5. The number of hydrogen-bond donors (Lipinski definition) is 1. The quantitative estimate of drug-likeness (QED) is 0.425. The standard InChI is InChI=1S/C25H25FN4O4S/c1-16-5-9-19(10-6-16)35(32,33)30-12-11-20-22(28-15-29-23(20)30)17-7-8-18(21(26)13-17)14-27-24(31)34-25(2,3)4/h5-13,15H,14H2,1-4H3,(H,27,31). The van der Waals surface area contributed by atoms with Crippen molar-refractivity contribution >= 4 is 27.1 Å². The van der Waals surface area contributed by atoms with Crippen molar-refractivity contribution in [3.63, 3.8) is 0 Å². The fraction of sp³-hybridized carbons (Fsp3) is 0.240. The predicted octanol–water partition coefficient (Wildman–Crippen LogP) is 4.81. The topological polar surface area (TPSA) is 103 Å². The van der Waals surface area contributed by atoms with Gasteiger partial charge < -0.3 is 10.1 Å². The maximum absolute atomic E-state index is 14.8. The minimum absolute atomic E-state index is 0.0502. The van der Waals surface area contributed by atoms with Crippen molar-refractivity contribution in [3.8, 4) is 11.3 Å². The van der Waals surface area contributed by atoms with Crippen molar-refractivity contribution in [2.45, 2.75) is 44.7 Å². The Morgan fingerprint density at radius 2 is 1.80 bits per heavy atom. The van der Waals surface area contributed by atoms with Crippen LogP contribution in [0, 0.1) is 12.7 Å². The average Bonchev–Trinajstić information content (AvgIpc) is 3.22. The van der Waals surface area contributed by atoms with Crippen LogP contribution < -0.4 is 5.32 Å². The Labute approximate surface area is 202 Å². The van der Waals surface area contributed by atoms with Crippen LogP contribution >= 0.6 is 0 Å². The van der Waals surface area contributed by atoms with E-state index in [1.54, 1.807) is 45.0 Å². The summed E-state index contributed by atoms with van der Waals surface area (Å²) in [6, 6.07) is 12.6. The monoisotopic (exact) mass is 496 g/mol. The van der Waals surface area contributed by atoms with Crippen LogP contribution in [0.5, 0.6) is 0 Å². The lowest BCUT2D eigenvalue weighted by Gasteiger charge is -2.19. The van der Waals surface area contributed by atoms with Gasteiger partial charge in [-0.3, -0.25) is 0 Å². The van der Waals surface area contributed by atoms with Gasteiger partial charge in [0.05, 0.1) is 10.6 Å². The van der Waals surface area contributed by atoms with E-state index < -0.39 is 27.5 Å². The van der Waals surface area contributed by atoms with E-state index in [-0.39, 0.29) is 22.7 Å². The Bertz CT molecular complexity index is 1510. The highest BCUT2D eigenvalue weighted by Gasteiger charge is 2.22. The summed E-state index contributed by atoms with van der Waals surface area (Å²) in [6.07, 6.45) is 2.01. The summed E-state index contributed by atoms with van der Waals surface area (Å²) in [5, 5.41) is 2.99. The van der Waals surface area contributed by atoms with Gasteiger partial charge in [0.2, 0.25) is 0 Å². The molecule has 4 rings (SSSR count). The van der Waals surface area contributed by atoms with Crippen molar-refractivity contribution in [3.05, 3.63) is 78.0 Å². The third-order valence-electron chi connectivity index (χ3n) is 5.17. The number of aryl methyl sites for hydroxylation is 1. The number of nitrogens with one attached hydrogen (secondary N) is 1. The van der Waals surface area contributed by atoms with E-state index in [2.05, 4.69) is 15.3 Å². The largest absolute Gasteiger partial charge is 0.444 e. The number of nitrogens with zero attached hydrogens (tertiary/aromatic N) is 3. The molecule has 0 saturated carbocycles. The fourth-order valence-electron chi connectivity index (χ4n) is 3.50. The minimum Gasteiger partial charge on any atom is -0.444 e. The Kier molecular flexibility index (Phi) is 6.33. The van der Waals surface area contributed by atoms with Gasteiger partial charge in [-0.15, -0.1) is 0 Å². The Morgan fingerprint density at radius 1 is 1.09 bits per heavy atom. The van der Waals surface area contributed by atoms with Gasteiger partial charge >= 0.3 is 6.09 Å². The zero-order valence-corrected chi connectivity index (χ0v) is 20.6. The van der Waals surface area contributed by atoms with Crippen LogP contribution in [0.3, 0.4) is 0 Å². The molecule has 0 spiro atoms. The molecule has 2 aromatic heterocycles. The molecule has 1 amide bonds. The van der Waals surface area contributed by atoms with Crippen molar-refractivity contribution in [2.24, 2.45) is 0 Å². The molecule has 1 N–H and O–H groups in total. The first-order valence-corrected chi connectivity index (χ1v) is 12.3. The lowest BCUT2D eigenvalue weighted by molar-refractivity contribution is 0.0523. The summed E-state index contributed by atoms with van der Waals surface area (Å²) in [5.41, 5.74) is 1.57. The number of hydrogen-bond acceptors (Lipinski definition) is 6. The second kappa shape index (κ2) is 9.10. The number of carbonyl (C=O) groups is 1. The number of fused-ring (bicyclic) bond motifs is 1. The molecule has 0 fully saturated rings. The maximum Gasteiger partial charge on any atom is 0.407 e. The second-order valence-corrected chi connectivity index (χ2v) is 10.9. The molecule has 8 nitrogen and oxygen atoms in total. The molecule has 35 heavy (non-hydrogen) atoms. The number of halogens is 1. The van der Waals surface area contributed by atoms with Crippen LogP contribution in [0.1, 0.15) is 31.9 Å². The summed E-state index contributed by atoms with van der Waals surface area (Å²) in [6.45, 7) is 7.04. The molecule has 0 saturated heterocycles. The highest BCUT2D eigenvalue weighted by molar-refractivity contribution is 7.90. The van der Waals surface area contributed by atoms with Crippen molar-refractivity contribution < 1.29 is 22.3 Å². The summed E-state index contributed by atoms with van der Waals surface area (Å²) in [4.78, 5) is 20.4. The summed E-state index contributed by atoms with van der Waals surface area (Å²) in [5.74, 6) is -0.544. The van der Waals surface area contributed by atoms with Gasteiger partial charge in [-0.25, -0.2) is 31.5 Å². The second-order valence-electron chi connectivity index (χ2n) is 9.05. The first-order valence-electron chi connectivity index (χ1n) is 10.9. The van der Waals surface area contributed by atoms with Gasteiger partial charge in [-0.05, 0) is 52.0 Å². The zero-order chi connectivity index (χ0) is 25.4. The number of amides is 1. The number of benzene rings is 2. The van der Waals surface area contributed by atoms with E-state index in [9.17, 15) is 17.6 Å². The molecular weight excluding hydrogens is 471 g/mol. The average molecular weight is 497 g/mol. The number of carbonyl (C=O) groups excluding carboxylic acids is 1. The third-order valence-corrected chi connectivity index (χ3v) is 6.86. The van der Waals surface area contributed by atoms with Crippen LogP contribution in [0.25, 0.3) is 22.3 Å². The summed E-state index contributed by atoms with van der Waals surface area (Å²) < 4.78 is 47.5. The van der Waals surface area contributed by atoms with Gasteiger partial charge in [-0.2, -0.15) is 0 Å². The molecule has 10 heteroatoms. The smallest absolute Gasteiger partial charge is 0.407 e. The zero-order valence-electron chi connectivity index (χ0n) is 19.7. The maximum atomic E-state index is 14.8. The van der Waals surface area contributed by atoms with E-state index in [4.69, 9.17) is 4.74 Å². The molecule has 0 radical (unpaired) electrons. The molecule has 0 aliphatic carbocycles. The van der Waals surface area contributed by atoms with Crippen LogP contribution in [0.4, 0.5) is 9.18 Å². The third kappa shape index (κ3) is 5.17. The van der Waals surface area contributed by atoms with Crippen LogP contribution in [-0.2, 0) is 21.3 Å². The fourth-order valence-corrected chi connectivity index (χ4v) is 4.80. The Balaban J connectivity index is 1.64. The number of rotatable bonds is 5. The van der Waals surface area contributed by atoms with E-state index in [0.717, 1.165) is 9.54 Å². The predicted molar refractivity (Wildman–Crippen MR) is 130 cm³/mol. The van der Waals surface area contributed by atoms with Gasteiger partial charge in [0.25, 0.3) is 10.0 Å². The molecule has 0 atom stereocenters. The molecule has 2 heterocycles. The molecule has 0 aliphatic rings. The van der Waals surface area contributed by atoms with Gasteiger partial charge in [0.15, 0.2) is 5.65 Å². The molecule has 0 bridgehead atoms. The van der Waals surface area contributed by atoms with Gasteiger partial charge in [0.1, 0.15) is 17.7 Å². The molecule has 4 aromatic rings. The number of ether oxygens (including phenoxy) is 1. The summed E-state index contributed by atoms with van der Waals surface area (Å²) in [7, 11) is -3.88. The van der Waals surface area contributed by atoms with Gasteiger partial charge in [0, 0.05) is 29.3 Å².